The standard InChI is InChI=1S/C10H21ClO3S/c1-6-10(11,15(13,14)7-2)8(12)9(3,4)5/h8,12H,6-7H2,1-5H3/t8-,10-/m1/s1. The summed E-state index contributed by atoms with van der Waals surface area (Å²) in [6, 6.07) is 0. The van der Waals surface area contributed by atoms with Gasteiger partial charge in [0.15, 0.2) is 14.0 Å². The maximum Gasteiger partial charge on any atom is 0.172 e. The Labute approximate surface area is 97.7 Å². The highest BCUT2D eigenvalue weighted by Crippen LogP contribution is 2.39. The summed E-state index contributed by atoms with van der Waals surface area (Å²) in [5.74, 6) is -0.0581. The van der Waals surface area contributed by atoms with Crippen molar-refractivity contribution < 1.29 is 13.5 Å². The summed E-state index contributed by atoms with van der Waals surface area (Å²) in [6.45, 7) is 8.54. The first-order valence-electron chi connectivity index (χ1n) is 5.12. The monoisotopic (exact) mass is 256 g/mol. The highest BCUT2D eigenvalue weighted by Gasteiger charge is 2.50. The molecule has 0 saturated heterocycles. The second-order valence-electron chi connectivity index (χ2n) is 4.81. The van der Waals surface area contributed by atoms with E-state index in [9.17, 15) is 13.5 Å². The second kappa shape index (κ2) is 4.60. The quantitative estimate of drug-likeness (QED) is 0.785. The van der Waals surface area contributed by atoms with E-state index in [0.29, 0.717) is 0 Å². The van der Waals surface area contributed by atoms with Crippen molar-refractivity contribution in [3.05, 3.63) is 0 Å². The number of sulfone groups is 1. The summed E-state index contributed by atoms with van der Waals surface area (Å²) in [4.78, 5) is 0. The van der Waals surface area contributed by atoms with Crippen LogP contribution in [0, 0.1) is 5.41 Å². The van der Waals surface area contributed by atoms with Crippen LogP contribution in [0.4, 0.5) is 0 Å². The van der Waals surface area contributed by atoms with Crippen molar-refractivity contribution in [1.82, 2.24) is 0 Å². The van der Waals surface area contributed by atoms with Crippen molar-refractivity contribution in [2.24, 2.45) is 5.41 Å². The molecule has 0 spiro atoms. The highest BCUT2D eigenvalue weighted by atomic mass is 35.5. The van der Waals surface area contributed by atoms with Crippen LogP contribution in [0.3, 0.4) is 0 Å². The van der Waals surface area contributed by atoms with E-state index in [1.165, 1.54) is 6.92 Å². The normalized spacial score (nSPS) is 19.7. The van der Waals surface area contributed by atoms with Gasteiger partial charge in [0, 0.05) is 5.75 Å². The Kier molecular flexibility index (Phi) is 4.66. The van der Waals surface area contributed by atoms with Crippen molar-refractivity contribution in [1.29, 1.82) is 0 Å². The maximum absolute atomic E-state index is 11.8. The van der Waals surface area contributed by atoms with Gasteiger partial charge in [0.2, 0.25) is 0 Å². The summed E-state index contributed by atoms with van der Waals surface area (Å²) in [6.07, 6.45) is -0.884. The molecule has 0 saturated carbocycles. The smallest absolute Gasteiger partial charge is 0.172 e. The molecule has 92 valence electrons. The van der Waals surface area contributed by atoms with E-state index in [1.54, 1.807) is 27.7 Å². The lowest BCUT2D eigenvalue weighted by Crippen LogP contribution is -2.50. The van der Waals surface area contributed by atoms with Crippen LogP contribution in [0.25, 0.3) is 0 Å². The first-order valence-corrected chi connectivity index (χ1v) is 7.15. The molecule has 0 heterocycles. The lowest BCUT2D eigenvalue weighted by Gasteiger charge is -2.38. The third-order valence-electron chi connectivity index (χ3n) is 2.61. The molecule has 0 unspecified atom stereocenters. The summed E-state index contributed by atoms with van der Waals surface area (Å²) in [5, 5.41) is 10.1. The molecule has 5 heteroatoms. The fourth-order valence-corrected chi connectivity index (χ4v) is 3.74. The fourth-order valence-electron chi connectivity index (χ4n) is 1.47. The Bertz CT molecular complexity index is 305. The van der Waals surface area contributed by atoms with Gasteiger partial charge in [-0.25, -0.2) is 8.42 Å². The van der Waals surface area contributed by atoms with E-state index < -0.39 is 25.6 Å². The third-order valence-corrected chi connectivity index (χ3v) is 6.09. The number of rotatable bonds is 4. The van der Waals surface area contributed by atoms with Gasteiger partial charge in [0.05, 0.1) is 6.10 Å². The molecule has 2 atom stereocenters. The summed E-state index contributed by atoms with van der Waals surface area (Å²) < 4.78 is 22.1. The average molecular weight is 257 g/mol. The SMILES string of the molecule is CC[C@](Cl)([C@H](O)C(C)(C)C)S(=O)(=O)CC. The molecule has 0 aliphatic rings. The largest absolute Gasteiger partial charge is 0.390 e. The number of halogens is 1. The first kappa shape index (κ1) is 15.2. The van der Waals surface area contributed by atoms with Crippen molar-refractivity contribution >= 4 is 21.4 Å². The number of hydrogen-bond acceptors (Lipinski definition) is 3. The zero-order valence-electron chi connectivity index (χ0n) is 10.0. The molecule has 0 radical (unpaired) electrons. The number of aliphatic hydroxyl groups excluding tert-OH is 1. The molecule has 1 N–H and O–H groups in total. The lowest BCUT2D eigenvalue weighted by atomic mass is 9.86. The van der Waals surface area contributed by atoms with Gasteiger partial charge in [-0.1, -0.05) is 46.2 Å². The Balaban J connectivity index is 5.40. The Hall–Kier alpha value is 0.200. The molecule has 0 rings (SSSR count). The van der Waals surface area contributed by atoms with Crippen molar-refractivity contribution in [3.63, 3.8) is 0 Å². The van der Waals surface area contributed by atoms with Crippen LogP contribution in [0.15, 0.2) is 0 Å². The molecule has 15 heavy (non-hydrogen) atoms. The molecule has 0 aliphatic carbocycles. The Morgan fingerprint density at radius 1 is 1.27 bits per heavy atom. The van der Waals surface area contributed by atoms with Gasteiger partial charge in [0.25, 0.3) is 0 Å². The van der Waals surface area contributed by atoms with Crippen LogP contribution in [0.1, 0.15) is 41.0 Å². The van der Waals surface area contributed by atoms with Crippen LogP contribution < -0.4 is 0 Å². The van der Waals surface area contributed by atoms with Crippen LogP contribution in [-0.4, -0.2) is 29.6 Å². The van der Waals surface area contributed by atoms with Crippen molar-refractivity contribution in [2.75, 3.05) is 5.75 Å². The second-order valence-corrected chi connectivity index (χ2v) is 8.25. The lowest BCUT2D eigenvalue weighted by molar-refractivity contribution is 0.0468. The van der Waals surface area contributed by atoms with Crippen LogP contribution >= 0.6 is 11.6 Å². The molecule has 0 fully saturated rings. The zero-order valence-corrected chi connectivity index (χ0v) is 11.6. The zero-order chi connectivity index (χ0) is 12.5. The number of alkyl halides is 1. The van der Waals surface area contributed by atoms with E-state index in [-0.39, 0.29) is 12.2 Å². The molecule has 0 aromatic carbocycles. The van der Waals surface area contributed by atoms with Gasteiger partial charge < -0.3 is 5.11 Å². The van der Waals surface area contributed by atoms with Gasteiger partial charge in [-0.2, -0.15) is 0 Å². The summed E-state index contributed by atoms with van der Waals surface area (Å²) in [7, 11) is -3.48. The van der Waals surface area contributed by atoms with Crippen LogP contribution in [0.2, 0.25) is 0 Å². The molecule has 0 aliphatic heterocycles. The minimum absolute atomic E-state index is 0.0581. The van der Waals surface area contributed by atoms with E-state index in [0.717, 1.165) is 0 Å². The highest BCUT2D eigenvalue weighted by molar-refractivity contribution is 7.94. The van der Waals surface area contributed by atoms with Crippen molar-refractivity contribution in [3.8, 4) is 0 Å². The molecule has 3 nitrogen and oxygen atoms in total. The minimum Gasteiger partial charge on any atom is -0.390 e. The van der Waals surface area contributed by atoms with Gasteiger partial charge in [-0.05, 0) is 11.8 Å². The number of hydrogen-bond donors (Lipinski definition) is 1. The van der Waals surface area contributed by atoms with E-state index >= 15 is 0 Å². The molecular weight excluding hydrogens is 236 g/mol. The van der Waals surface area contributed by atoms with Gasteiger partial charge in [-0.15, -0.1) is 0 Å². The van der Waals surface area contributed by atoms with Gasteiger partial charge in [0.1, 0.15) is 0 Å². The predicted octanol–water partition coefficient (Wildman–Crippen LogP) is 2.17. The average Bonchev–Trinajstić information content (AvgIpc) is 2.13. The third kappa shape index (κ3) is 2.86. The Morgan fingerprint density at radius 2 is 1.67 bits per heavy atom. The molecule has 0 aromatic rings. The molecular formula is C10H21ClO3S. The van der Waals surface area contributed by atoms with E-state index in [2.05, 4.69) is 0 Å². The van der Waals surface area contributed by atoms with E-state index in [4.69, 9.17) is 11.6 Å². The molecule has 0 bridgehead atoms. The number of aliphatic hydroxyl groups is 1. The van der Waals surface area contributed by atoms with Gasteiger partial charge in [-0.3, -0.25) is 0 Å². The van der Waals surface area contributed by atoms with Crippen LogP contribution in [-0.2, 0) is 9.84 Å². The van der Waals surface area contributed by atoms with Crippen molar-refractivity contribution in [2.45, 2.75) is 51.3 Å². The van der Waals surface area contributed by atoms with E-state index in [1.807, 2.05) is 0 Å². The minimum atomic E-state index is -3.48. The fraction of sp³-hybridized carbons (Fsp3) is 1.00. The van der Waals surface area contributed by atoms with Gasteiger partial charge >= 0.3 is 0 Å². The molecule has 0 aromatic heterocycles. The maximum atomic E-state index is 11.8. The topological polar surface area (TPSA) is 54.4 Å². The summed E-state index contributed by atoms with van der Waals surface area (Å²) >= 11 is 6.11. The van der Waals surface area contributed by atoms with Crippen LogP contribution in [0.5, 0.6) is 0 Å². The first-order chi connectivity index (χ1) is 6.53. The Morgan fingerprint density at radius 3 is 1.87 bits per heavy atom. The summed E-state index contributed by atoms with van der Waals surface area (Å²) in [5.41, 5.74) is -0.556. The predicted molar refractivity (Wildman–Crippen MR) is 63.8 cm³/mol. The molecule has 0 amide bonds.